The summed E-state index contributed by atoms with van der Waals surface area (Å²) in [4.78, 5) is 11.0. The summed E-state index contributed by atoms with van der Waals surface area (Å²) >= 11 is 3.23. The fourth-order valence-corrected chi connectivity index (χ4v) is 4.11. The Balaban J connectivity index is 2.09. The maximum absolute atomic E-state index is 12.1. The molecule has 1 aromatic rings. The summed E-state index contributed by atoms with van der Waals surface area (Å²) in [5.41, 5.74) is 0. The van der Waals surface area contributed by atoms with Crippen molar-refractivity contribution in [2.24, 2.45) is 5.92 Å². The van der Waals surface area contributed by atoms with E-state index in [-0.39, 0.29) is 10.9 Å². The summed E-state index contributed by atoms with van der Waals surface area (Å²) in [6.45, 7) is 0. The molecule has 0 bridgehead atoms. The minimum absolute atomic E-state index is 0.181. The smallest absolute Gasteiger partial charge is 0.306 e. The SMILES string of the molecule is O=C(O)[C@@H]1CC[C@H](NS(=O)(=O)c2cccc(Br)c2)C1. The first-order chi connectivity index (χ1) is 8.88. The normalized spacial score (nSPS) is 23.4. The standard InChI is InChI=1S/C12H14BrNO4S/c13-9-2-1-3-11(7-9)19(17,18)14-10-5-4-8(6-10)12(15)16/h1-3,7-8,10,14H,4-6H2,(H,15,16)/t8-,10+/m1/s1. The van der Waals surface area contributed by atoms with Gasteiger partial charge in [-0.1, -0.05) is 22.0 Å². The van der Waals surface area contributed by atoms with Crippen molar-refractivity contribution in [2.45, 2.75) is 30.2 Å². The Morgan fingerprint density at radius 1 is 1.37 bits per heavy atom. The predicted octanol–water partition coefficient (Wildman–Crippen LogP) is 1.98. The average molecular weight is 348 g/mol. The second-order valence-electron chi connectivity index (χ2n) is 4.62. The second kappa shape index (κ2) is 5.60. The Kier molecular flexibility index (Phi) is 4.27. The molecular formula is C12H14BrNO4S. The number of benzene rings is 1. The highest BCUT2D eigenvalue weighted by Gasteiger charge is 2.32. The van der Waals surface area contributed by atoms with Gasteiger partial charge in [-0.15, -0.1) is 0 Å². The molecule has 2 rings (SSSR count). The van der Waals surface area contributed by atoms with E-state index in [1.807, 2.05) is 0 Å². The van der Waals surface area contributed by atoms with Gasteiger partial charge in [0, 0.05) is 10.5 Å². The minimum Gasteiger partial charge on any atom is -0.481 e. The highest BCUT2D eigenvalue weighted by atomic mass is 79.9. The third-order valence-electron chi connectivity index (χ3n) is 3.21. The van der Waals surface area contributed by atoms with E-state index in [0.29, 0.717) is 23.7 Å². The van der Waals surface area contributed by atoms with Crippen LogP contribution in [0.5, 0.6) is 0 Å². The third kappa shape index (κ3) is 3.55. The highest BCUT2D eigenvalue weighted by molar-refractivity contribution is 9.10. The van der Waals surface area contributed by atoms with Crippen molar-refractivity contribution >= 4 is 31.9 Å². The van der Waals surface area contributed by atoms with Crippen molar-refractivity contribution < 1.29 is 18.3 Å². The number of hydrogen-bond acceptors (Lipinski definition) is 3. The number of carboxylic acids is 1. The highest BCUT2D eigenvalue weighted by Crippen LogP contribution is 2.27. The van der Waals surface area contributed by atoms with Gasteiger partial charge in [-0.3, -0.25) is 4.79 Å². The van der Waals surface area contributed by atoms with Crippen LogP contribution >= 0.6 is 15.9 Å². The van der Waals surface area contributed by atoms with Crippen LogP contribution in [0.3, 0.4) is 0 Å². The van der Waals surface area contributed by atoms with Gasteiger partial charge in [-0.05, 0) is 37.5 Å². The Bertz CT molecular complexity index is 587. The molecule has 1 aliphatic carbocycles. The van der Waals surface area contributed by atoms with E-state index in [1.165, 1.54) is 12.1 Å². The van der Waals surface area contributed by atoms with Gasteiger partial charge in [-0.25, -0.2) is 13.1 Å². The zero-order valence-electron chi connectivity index (χ0n) is 10.0. The van der Waals surface area contributed by atoms with E-state index < -0.39 is 21.9 Å². The average Bonchev–Trinajstić information content (AvgIpc) is 2.77. The van der Waals surface area contributed by atoms with Crippen LogP contribution in [0.2, 0.25) is 0 Å². The van der Waals surface area contributed by atoms with Gasteiger partial charge in [0.15, 0.2) is 0 Å². The first-order valence-electron chi connectivity index (χ1n) is 5.89. The van der Waals surface area contributed by atoms with Crippen LogP contribution in [-0.2, 0) is 14.8 Å². The van der Waals surface area contributed by atoms with E-state index in [9.17, 15) is 13.2 Å². The van der Waals surface area contributed by atoms with Gasteiger partial charge in [-0.2, -0.15) is 0 Å². The molecule has 0 spiro atoms. The molecule has 0 saturated heterocycles. The lowest BCUT2D eigenvalue weighted by Crippen LogP contribution is -2.33. The number of carbonyl (C=O) groups is 1. The van der Waals surface area contributed by atoms with Crippen LogP contribution in [0.4, 0.5) is 0 Å². The molecule has 1 fully saturated rings. The topological polar surface area (TPSA) is 83.5 Å². The number of halogens is 1. The molecule has 0 radical (unpaired) electrons. The molecule has 1 aliphatic rings. The van der Waals surface area contributed by atoms with Crippen molar-refractivity contribution in [2.75, 3.05) is 0 Å². The molecule has 0 aliphatic heterocycles. The molecule has 0 aromatic heterocycles. The monoisotopic (exact) mass is 347 g/mol. The number of hydrogen-bond donors (Lipinski definition) is 2. The van der Waals surface area contributed by atoms with Crippen LogP contribution in [0, 0.1) is 5.92 Å². The van der Waals surface area contributed by atoms with Gasteiger partial charge in [0.1, 0.15) is 0 Å². The summed E-state index contributed by atoms with van der Waals surface area (Å²) in [7, 11) is -3.59. The van der Waals surface area contributed by atoms with Crippen molar-refractivity contribution in [3.05, 3.63) is 28.7 Å². The second-order valence-corrected chi connectivity index (χ2v) is 7.25. The Morgan fingerprint density at radius 3 is 2.68 bits per heavy atom. The van der Waals surface area contributed by atoms with E-state index in [0.717, 1.165) is 0 Å². The molecule has 2 atom stereocenters. The lowest BCUT2D eigenvalue weighted by Gasteiger charge is -2.13. The van der Waals surface area contributed by atoms with Crippen LogP contribution in [0.25, 0.3) is 0 Å². The van der Waals surface area contributed by atoms with Crippen LogP contribution in [0.1, 0.15) is 19.3 Å². The maximum Gasteiger partial charge on any atom is 0.306 e. The summed E-state index contributed by atoms with van der Waals surface area (Å²) in [6, 6.07) is 6.12. The van der Waals surface area contributed by atoms with Crippen molar-refractivity contribution in [3.8, 4) is 0 Å². The van der Waals surface area contributed by atoms with Gasteiger partial charge < -0.3 is 5.11 Å². The Hall–Kier alpha value is -0.920. The molecule has 5 nitrogen and oxygen atoms in total. The fraction of sp³-hybridized carbons (Fsp3) is 0.417. The number of aliphatic carboxylic acids is 1. The van der Waals surface area contributed by atoms with E-state index >= 15 is 0 Å². The number of nitrogens with one attached hydrogen (secondary N) is 1. The Labute approximate surface area is 120 Å². The number of carboxylic acid groups (broad SMARTS) is 1. The molecule has 7 heteroatoms. The predicted molar refractivity (Wildman–Crippen MR) is 73.2 cm³/mol. The number of sulfonamides is 1. The summed E-state index contributed by atoms with van der Waals surface area (Å²) < 4.78 is 27.5. The molecular weight excluding hydrogens is 334 g/mol. The molecule has 0 heterocycles. The van der Waals surface area contributed by atoms with Crippen LogP contribution < -0.4 is 4.72 Å². The van der Waals surface area contributed by atoms with Gasteiger partial charge >= 0.3 is 5.97 Å². The quantitative estimate of drug-likeness (QED) is 0.872. The van der Waals surface area contributed by atoms with Gasteiger partial charge in [0.2, 0.25) is 10.0 Å². The van der Waals surface area contributed by atoms with Crippen molar-refractivity contribution in [1.82, 2.24) is 4.72 Å². The molecule has 2 N–H and O–H groups in total. The fourth-order valence-electron chi connectivity index (χ4n) is 2.23. The number of rotatable bonds is 4. The van der Waals surface area contributed by atoms with E-state index in [2.05, 4.69) is 20.7 Å². The van der Waals surface area contributed by atoms with E-state index in [1.54, 1.807) is 12.1 Å². The Morgan fingerprint density at radius 2 is 2.11 bits per heavy atom. The molecule has 0 unspecified atom stereocenters. The largest absolute Gasteiger partial charge is 0.481 e. The van der Waals surface area contributed by atoms with Gasteiger partial charge in [0.25, 0.3) is 0 Å². The van der Waals surface area contributed by atoms with Crippen LogP contribution in [-0.4, -0.2) is 25.5 Å². The first-order valence-corrected chi connectivity index (χ1v) is 8.17. The lowest BCUT2D eigenvalue weighted by atomic mass is 10.1. The molecule has 19 heavy (non-hydrogen) atoms. The first kappa shape index (κ1) is 14.5. The lowest BCUT2D eigenvalue weighted by molar-refractivity contribution is -0.141. The van der Waals surface area contributed by atoms with Crippen molar-refractivity contribution in [1.29, 1.82) is 0 Å². The molecule has 1 aromatic carbocycles. The van der Waals surface area contributed by atoms with E-state index in [4.69, 9.17) is 5.11 Å². The van der Waals surface area contributed by atoms with Crippen molar-refractivity contribution in [3.63, 3.8) is 0 Å². The summed E-state index contributed by atoms with van der Waals surface area (Å²) in [5.74, 6) is -1.31. The summed E-state index contributed by atoms with van der Waals surface area (Å²) in [5, 5.41) is 8.90. The minimum atomic E-state index is -3.59. The molecule has 1 saturated carbocycles. The van der Waals surface area contributed by atoms with Gasteiger partial charge in [0.05, 0.1) is 10.8 Å². The summed E-state index contributed by atoms with van der Waals surface area (Å²) in [6.07, 6.45) is 1.42. The zero-order chi connectivity index (χ0) is 14.0. The zero-order valence-corrected chi connectivity index (χ0v) is 12.4. The third-order valence-corrected chi connectivity index (χ3v) is 5.22. The molecule has 104 valence electrons. The molecule has 0 amide bonds. The van der Waals surface area contributed by atoms with Crippen LogP contribution in [0.15, 0.2) is 33.6 Å². The maximum atomic E-state index is 12.1.